The second-order valence-electron chi connectivity index (χ2n) is 3.73. The smallest absolute Gasteiger partial charge is 0.270 e. The van der Waals surface area contributed by atoms with Crippen molar-refractivity contribution < 1.29 is 4.39 Å². The molecule has 11 heteroatoms. The highest BCUT2D eigenvalue weighted by Crippen LogP contribution is 2.04. The molecule has 22 heavy (non-hydrogen) atoms. The van der Waals surface area contributed by atoms with Crippen LogP contribution in [0.1, 0.15) is 5.56 Å². The molecule has 0 saturated carbocycles. The summed E-state index contributed by atoms with van der Waals surface area (Å²) < 4.78 is 13.3. The van der Waals surface area contributed by atoms with Crippen LogP contribution in [0.3, 0.4) is 0 Å². The van der Waals surface area contributed by atoms with Gasteiger partial charge in [0, 0.05) is 12.1 Å². The Labute approximate surface area is 135 Å². The molecule has 7 N–H and O–H groups in total. The third-order valence-electron chi connectivity index (χ3n) is 2.15. The lowest BCUT2D eigenvalue weighted by Crippen LogP contribution is -2.46. The van der Waals surface area contributed by atoms with E-state index in [0.29, 0.717) is 12.1 Å². The van der Waals surface area contributed by atoms with E-state index in [1.165, 1.54) is 6.07 Å². The van der Waals surface area contributed by atoms with Crippen molar-refractivity contribution in [3.05, 3.63) is 57.0 Å². The van der Waals surface area contributed by atoms with Crippen molar-refractivity contribution in [2.24, 2.45) is 5.84 Å². The third-order valence-corrected chi connectivity index (χ3v) is 2.57. The molecule has 8 nitrogen and oxygen atoms in total. The van der Waals surface area contributed by atoms with Crippen LogP contribution in [0.15, 0.2) is 35.3 Å². The Morgan fingerprint density at radius 1 is 1.41 bits per heavy atom. The topological polar surface area (TPSA) is 124 Å². The molecule has 0 bridgehead atoms. The molecule has 0 fully saturated rings. The van der Waals surface area contributed by atoms with Gasteiger partial charge in [-0.15, -0.1) is 0 Å². The number of hydrogen-bond acceptors (Lipinski definition) is 6. The van der Waals surface area contributed by atoms with E-state index in [1.54, 1.807) is 18.2 Å². The minimum atomic E-state index is -0.284. The van der Waals surface area contributed by atoms with Crippen LogP contribution in [-0.2, 0) is 6.54 Å². The fourth-order valence-electron chi connectivity index (χ4n) is 1.22. The molecule has 0 aliphatic heterocycles. The van der Waals surface area contributed by atoms with Crippen molar-refractivity contribution in [2.45, 2.75) is 6.54 Å². The van der Waals surface area contributed by atoms with E-state index in [4.69, 9.17) is 18.1 Å². The summed E-state index contributed by atoms with van der Waals surface area (Å²) in [6, 6.07) is 6.48. The number of aromatic nitrogens is 3. The number of benzene rings is 1. The summed E-state index contributed by atoms with van der Waals surface area (Å²) in [4.78, 5) is 12.6. The van der Waals surface area contributed by atoms with Crippen LogP contribution in [0.5, 0.6) is 0 Å². The van der Waals surface area contributed by atoms with Gasteiger partial charge < -0.3 is 0 Å². The summed E-state index contributed by atoms with van der Waals surface area (Å²) in [5.41, 5.74) is 7.81. The molecule has 1 aromatic carbocycles. The summed E-state index contributed by atoms with van der Waals surface area (Å²) in [6.45, 7) is 0.328. The van der Waals surface area contributed by atoms with Crippen molar-refractivity contribution in [3.8, 4) is 0 Å². The van der Waals surface area contributed by atoms with Gasteiger partial charge in [0.15, 0.2) is 9.88 Å². The van der Waals surface area contributed by atoms with Gasteiger partial charge in [-0.05, 0) is 30.5 Å². The van der Waals surface area contributed by atoms with E-state index in [9.17, 15) is 9.18 Å². The minimum absolute atomic E-state index is 0.248. The van der Waals surface area contributed by atoms with Gasteiger partial charge in [-0.2, -0.15) is 5.10 Å². The molecule has 0 aliphatic rings. The average Bonchev–Trinajstić information content (AvgIpc) is 2.49. The van der Waals surface area contributed by atoms with Gasteiger partial charge in [-0.1, -0.05) is 18.2 Å². The zero-order valence-electron chi connectivity index (χ0n) is 11.2. The lowest BCUT2D eigenvalue weighted by molar-refractivity contribution is 0.575. The fourth-order valence-corrected chi connectivity index (χ4v) is 1.44. The van der Waals surface area contributed by atoms with Crippen molar-refractivity contribution in [1.82, 2.24) is 31.5 Å². The fraction of sp³-hybridized carbons (Fsp3) is 0.0909. The van der Waals surface area contributed by atoms with Crippen LogP contribution in [0.25, 0.3) is 0 Å². The molecular formula is C11H14FN7OS2. The summed E-state index contributed by atoms with van der Waals surface area (Å²) in [5, 5.41) is 6.04. The van der Waals surface area contributed by atoms with Crippen molar-refractivity contribution in [1.29, 1.82) is 0 Å². The molecule has 0 unspecified atom stereocenters. The SMILES string of the molecule is NNC(=S)NNCc1ccccc1F.O=c1cn[nH]c(=S)[nH]1. The largest absolute Gasteiger partial charge is 0.300 e. The van der Waals surface area contributed by atoms with Crippen molar-refractivity contribution in [2.75, 3.05) is 0 Å². The van der Waals surface area contributed by atoms with E-state index in [-0.39, 0.29) is 21.3 Å². The first-order chi connectivity index (χ1) is 10.5. The molecule has 2 aromatic rings. The molecular weight excluding hydrogens is 329 g/mol. The highest BCUT2D eigenvalue weighted by atomic mass is 32.1. The second-order valence-corrected chi connectivity index (χ2v) is 4.55. The number of nitrogens with zero attached hydrogens (tertiary/aromatic N) is 1. The number of halogens is 1. The number of H-pyrrole nitrogens is 2. The van der Waals surface area contributed by atoms with Gasteiger partial charge in [-0.25, -0.2) is 15.7 Å². The molecule has 0 saturated heterocycles. The van der Waals surface area contributed by atoms with Gasteiger partial charge in [0.25, 0.3) is 5.56 Å². The van der Waals surface area contributed by atoms with E-state index < -0.39 is 0 Å². The molecule has 1 heterocycles. The number of nitrogens with one attached hydrogen (secondary N) is 5. The molecule has 0 atom stereocenters. The Balaban J connectivity index is 0.000000255. The molecule has 0 spiro atoms. The van der Waals surface area contributed by atoms with Crippen LogP contribution in [0.4, 0.5) is 4.39 Å². The van der Waals surface area contributed by atoms with E-state index in [1.807, 2.05) is 0 Å². The third kappa shape index (κ3) is 6.99. The summed E-state index contributed by atoms with van der Waals surface area (Å²) in [6.07, 6.45) is 1.12. The number of rotatable bonds is 3. The number of hydrazine groups is 2. The second kappa shape index (κ2) is 9.68. The lowest BCUT2D eigenvalue weighted by atomic mass is 10.2. The maximum absolute atomic E-state index is 13.1. The van der Waals surface area contributed by atoms with Gasteiger partial charge in [0.2, 0.25) is 0 Å². The van der Waals surface area contributed by atoms with Crippen molar-refractivity contribution >= 4 is 29.5 Å². The average molecular weight is 343 g/mol. The van der Waals surface area contributed by atoms with E-state index in [2.05, 4.69) is 43.7 Å². The monoisotopic (exact) mass is 343 g/mol. The Hall–Kier alpha value is -2.21. The Kier molecular flexibility index (Phi) is 7.85. The molecule has 2 rings (SSSR count). The predicted octanol–water partition coefficient (Wildman–Crippen LogP) is -0.00441. The van der Waals surface area contributed by atoms with Crippen LogP contribution >= 0.6 is 24.4 Å². The Morgan fingerprint density at radius 3 is 2.68 bits per heavy atom. The molecule has 0 aliphatic carbocycles. The normalized spacial score (nSPS) is 9.36. The van der Waals surface area contributed by atoms with Crippen LogP contribution in [0.2, 0.25) is 0 Å². The first-order valence-corrected chi connectivity index (χ1v) is 6.71. The zero-order chi connectivity index (χ0) is 16.4. The number of nitrogens with two attached hydrogens (primary N) is 1. The number of aromatic amines is 2. The molecule has 0 amide bonds. The summed E-state index contributed by atoms with van der Waals surface area (Å²) in [7, 11) is 0. The summed E-state index contributed by atoms with van der Waals surface area (Å²) >= 11 is 9.23. The summed E-state index contributed by atoms with van der Waals surface area (Å²) in [5.74, 6) is 4.76. The quantitative estimate of drug-likeness (QED) is 0.261. The predicted molar refractivity (Wildman–Crippen MR) is 86.3 cm³/mol. The van der Waals surface area contributed by atoms with Crippen molar-refractivity contribution in [3.63, 3.8) is 0 Å². The van der Waals surface area contributed by atoms with Gasteiger partial charge in [0.1, 0.15) is 12.0 Å². The Bertz CT molecular complexity index is 692. The standard InChI is InChI=1S/C8H11FN4S.C3H3N3OS/c9-7-4-2-1-3-6(7)5-11-13-8(14)12-10;7-2-1-4-6-3(8)5-2/h1-4,11H,5,10H2,(H2,12,13,14);1H,(H2,5,6,7,8). The zero-order valence-corrected chi connectivity index (χ0v) is 12.9. The van der Waals surface area contributed by atoms with Crippen LogP contribution < -0.4 is 27.7 Å². The van der Waals surface area contributed by atoms with Crippen LogP contribution in [0, 0.1) is 10.6 Å². The van der Waals surface area contributed by atoms with E-state index in [0.717, 1.165) is 6.20 Å². The molecule has 0 radical (unpaired) electrons. The number of hydrogen-bond donors (Lipinski definition) is 6. The highest BCUT2D eigenvalue weighted by molar-refractivity contribution is 7.80. The maximum Gasteiger partial charge on any atom is 0.270 e. The van der Waals surface area contributed by atoms with E-state index >= 15 is 0 Å². The highest BCUT2D eigenvalue weighted by Gasteiger charge is 1.99. The minimum Gasteiger partial charge on any atom is -0.300 e. The first-order valence-electron chi connectivity index (χ1n) is 5.89. The molecule has 118 valence electrons. The first kappa shape index (κ1) is 17.8. The van der Waals surface area contributed by atoms with Crippen LogP contribution in [-0.4, -0.2) is 20.3 Å². The van der Waals surface area contributed by atoms with Gasteiger partial charge in [0.05, 0.1) is 0 Å². The molecule has 1 aromatic heterocycles. The Morgan fingerprint density at radius 2 is 2.14 bits per heavy atom. The van der Waals surface area contributed by atoms with Gasteiger partial charge >= 0.3 is 0 Å². The maximum atomic E-state index is 13.1. The number of thiocarbonyl (C=S) groups is 1. The van der Waals surface area contributed by atoms with Gasteiger partial charge in [-0.3, -0.25) is 25.7 Å². The lowest BCUT2D eigenvalue weighted by Gasteiger charge is -2.08.